The highest BCUT2D eigenvalue weighted by molar-refractivity contribution is 7.92. The predicted octanol–water partition coefficient (Wildman–Crippen LogP) is 6.07. The van der Waals surface area contributed by atoms with Crippen molar-refractivity contribution in [1.29, 1.82) is 0 Å². The fourth-order valence-corrected chi connectivity index (χ4v) is 6.61. The topological polar surface area (TPSA) is 84.9 Å². The van der Waals surface area contributed by atoms with Crippen molar-refractivity contribution >= 4 is 15.8 Å². The van der Waals surface area contributed by atoms with Crippen LogP contribution in [0.4, 0.5) is 14.6 Å². The van der Waals surface area contributed by atoms with E-state index < -0.39 is 26.8 Å². The van der Waals surface area contributed by atoms with Gasteiger partial charge in [0.2, 0.25) is 11.0 Å². The van der Waals surface area contributed by atoms with Gasteiger partial charge in [-0.25, -0.2) is 18.7 Å². The van der Waals surface area contributed by atoms with E-state index in [9.17, 15) is 12.8 Å². The van der Waals surface area contributed by atoms with Crippen molar-refractivity contribution < 1.29 is 26.7 Å². The number of piperidine rings is 1. The normalized spacial score (nSPS) is 15.2. The number of hydrogen-bond donors (Lipinski definition) is 0. The molecule has 0 radical (unpaired) electrons. The van der Waals surface area contributed by atoms with Gasteiger partial charge in [-0.1, -0.05) is 48.5 Å². The van der Waals surface area contributed by atoms with E-state index in [1.165, 1.54) is 37.9 Å². The van der Waals surface area contributed by atoms with Gasteiger partial charge in [-0.2, -0.15) is 12.8 Å². The molecule has 1 aliphatic heterocycles. The fourth-order valence-electron chi connectivity index (χ4n) is 5.17. The largest absolute Gasteiger partial charge is 0.497 e. The minimum absolute atomic E-state index is 0.0326. The molecule has 0 saturated carbocycles. The predicted molar refractivity (Wildman–Crippen MR) is 160 cm³/mol. The van der Waals surface area contributed by atoms with E-state index in [0.717, 1.165) is 36.3 Å². The zero-order chi connectivity index (χ0) is 30.6. The lowest BCUT2D eigenvalue weighted by Gasteiger charge is -2.36. The Morgan fingerprint density at radius 3 is 2.35 bits per heavy atom. The summed E-state index contributed by atoms with van der Waals surface area (Å²) in [7, 11) is -3.09. The average Bonchev–Trinajstić information content (AvgIpc) is 3.02. The number of sulfonamides is 1. The maximum Gasteiger partial charge on any atom is 0.286 e. The summed E-state index contributed by atoms with van der Waals surface area (Å²) in [5.41, 5.74) is 1.83. The first-order valence-corrected chi connectivity index (χ1v) is 15.5. The molecule has 43 heavy (non-hydrogen) atoms. The second-order valence-corrected chi connectivity index (χ2v) is 12.3. The quantitative estimate of drug-likeness (QED) is 0.202. The van der Waals surface area contributed by atoms with Gasteiger partial charge in [0, 0.05) is 24.7 Å². The molecule has 3 heterocycles. The summed E-state index contributed by atoms with van der Waals surface area (Å²) in [6.45, 7) is 5.02. The number of benzene rings is 2. The summed E-state index contributed by atoms with van der Waals surface area (Å²) in [5, 5.41) is -0.788. The summed E-state index contributed by atoms with van der Waals surface area (Å²) >= 11 is 0. The highest BCUT2D eigenvalue weighted by Gasteiger charge is 2.33. The van der Waals surface area contributed by atoms with E-state index >= 15 is 4.39 Å². The molecular weight excluding hydrogens is 574 g/mol. The lowest BCUT2D eigenvalue weighted by Crippen LogP contribution is -2.39. The molecule has 2 aromatic carbocycles. The Balaban J connectivity index is 1.35. The number of anilines is 1. The third-order valence-corrected chi connectivity index (χ3v) is 9.43. The van der Waals surface area contributed by atoms with Crippen LogP contribution in [0.1, 0.15) is 42.5 Å². The van der Waals surface area contributed by atoms with Crippen molar-refractivity contribution in [3.8, 4) is 11.5 Å². The van der Waals surface area contributed by atoms with Crippen LogP contribution < -0.4 is 13.8 Å². The fraction of sp³-hybridized carbons (Fsp3) is 0.312. The molecule has 8 nitrogen and oxygen atoms in total. The summed E-state index contributed by atoms with van der Waals surface area (Å²) in [5.74, 6) is -1.32. The maximum absolute atomic E-state index is 15.8. The Hall–Kier alpha value is -4.09. The Morgan fingerprint density at radius 2 is 1.70 bits per heavy atom. The van der Waals surface area contributed by atoms with Crippen LogP contribution in [-0.2, 0) is 16.6 Å². The van der Waals surface area contributed by atoms with Crippen LogP contribution in [0.15, 0.2) is 84.0 Å². The van der Waals surface area contributed by atoms with Crippen molar-refractivity contribution in [2.24, 2.45) is 0 Å². The molecule has 0 N–H and O–H groups in total. The van der Waals surface area contributed by atoms with Crippen molar-refractivity contribution in [2.75, 3.05) is 24.5 Å². The maximum atomic E-state index is 15.8. The summed E-state index contributed by atoms with van der Waals surface area (Å²) in [6.07, 6.45) is 2.55. The Labute approximate surface area is 251 Å². The van der Waals surface area contributed by atoms with Crippen LogP contribution in [0.5, 0.6) is 11.5 Å². The van der Waals surface area contributed by atoms with Gasteiger partial charge in [0.25, 0.3) is 10.0 Å². The third-order valence-electron chi connectivity index (χ3n) is 7.76. The van der Waals surface area contributed by atoms with Gasteiger partial charge in [0.15, 0.2) is 5.82 Å². The number of halogens is 2. The Morgan fingerprint density at radius 1 is 1.00 bits per heavy atom. The number of aromatic nitrogens is 2. The number of hydrogen-bond acceptors (Lipinski definition) is 7. The minimum atomic E-state index is -4.61. The molecule has 4 aromatic rings. The van der Waals surface area contributed by atoms with Crippen LogP contribution in [0.2, 0.25) is 0 Å². The summed E-state index contributed by atoms with van der Waals surface area (Å²) < 4.78 is 69.7. The summed E-state index contributed by atoms with van der Waals surface area (Å²) in [6, 6.07) is 21.0. The van der Waals surface area contributed by atoms with Gasteiger partial charge in [0.05, 0.1) is 19.9 Å². The molecule has 0 bridgehead atoms. The van der Waals surface area contributed by atoms with E-state index in [0.29, 0.717) is 11.3 Å². The second-order valence-electron chi connectivity index (χ2n) is 10.5. The number of pyridine rings is 2. The third kappa shape index (κ3) is 6.78. The van der Waals surface area contributed by atoms with Gasteiger partial charge >= 0.3 is 0 Å². The van der Waals surface area contributed by atoms with E-state index in [4.69, 9.17) is 9.47 Å². The summed E-state index contributed by atoms with van der Waals surface area (Å²) in [4.78, 5) is 10.2. The van der Waals surface area contributed by atoms with Crippen molar-refractivity contribution in [3.05, 3.63) is 107 Å². The second kappa shape index (κ2) is 13.0. The monoisotopic (exact) mass is 608 g/mol. The van der Waals surface area contributed by atoms with E-state index in [1.54, 1.807) is 24.3 Å². The number of rotatable bonds is 10. The molecule has 1 unspecified atom stereocenters. The number of ether oxygens (including phenoxy) is 2. The van der Waals surface area contributed by atoms with Crippen molar-refractivity contribution in [1.82, 2.24) is 14.9 Å². The first kappa shape index (κ1) is 30.4. The van der Waals surface area contributed by atoms with Crippen molar-refractivity contribution in [2.45, 2.75) is 50.4 Å². The van der Waals surface area contributed by atoms with Gasteiger partial charge in [0.1, 0.15) is 23.4 Å². The molecule has 226 valence electrons. The molecule has 1 saturated heterocycles. The Kier molecular flexibility index (Phi) is 9.22. The van der Waals surface area contributed by atoms with Crippen LogP contribution in [0.25, 0.3) is 0 Å². The zero-order valence-corrected chi connectivity index (χ0v) is 25.1. The van der Waals surface area contributed by atoms with Gasteiger partial charge < -0.3 is 9.47 Å². The van der Waals surface area contributed by atoms with Crippen LogP contribution in [-0.4, -0.2) is 49.6 Å². The van der Waals surface area contributed by atoms with Gasteiger partial charge in [-0.3, -0.25) is 4.90 Å². The van der Waals surface area contributed by atoms with E-state index in [-0.39, 0.29) is 35.8 Å². The standard InChI is InChI=1S/C32H34F2N4O4S/c1-22-28(42-27-16-18-37(19-17-27)23(2)25-8-5-4-6-9-25)20-35-32(31(22)34)43(39,40)38(30-11-7-10-29(33)36-30)21-24-12-14-26(41-3)15-13-24/h4-15,20,23,27H,16-19,21H2,1-3H3. The SMILES string of the molecule is COc1ccc(CN(c2cccc(F)n2)S(=O)(=O)c2ncc(OC3CCN(C(C)c4ccccc4)CC3)c(C)c2F)cc1. The molecule has 0 spiro atoms. The smallest absolute Gasteiger partial charge is 0.286 e. The van der Waals surface area contributed by atoms with Gasteiger partial charge in [-0.15, -0.1) is 0 Å². The van der Waals surface area contributed by atoms with Crippen LogP contribution in [0.3, 0.4) is 0 Å². The van der Waals surface area contributed by atoms with Crippen LogP contribution in [0, 0.1) is 18.7 Å². The first-order valence-electron chi connectivity index (χ1n) is 14.1. The molecule has 0 amide bonds. The van der Waals surface area contributed by atoms with E-state index in [1.807, 2.05) is 18.2 Å². The number of nitrogens with zero attached hydrogens (tertiary/aromatic N) is 4. The molecule has 2 aromatic heterocycles. The molecule has 1 aliphatic rings. The van der Waals surface area contributed by atoms with Crippen molar-refractivity contribution in [3.63, 3.8) is 0 Å². The molecule has 5 rings (SSSR count). The van der Waals surface area contributed by atoms with Crippen LogP contribution >= 0.6 is 0 Å². The average molecular weight is 609 g/mol. The Bertz CT molecular complexity index is 1650. The number of likely N-dealkylation sites (tertiary alicyclic amines) is 1. The molecule has 0 aliphatic carbocycles. The van der Waals surface area contributed by atoms with E-state index in [2.05, 4.69) is 33.9 Å². The molecular formula is C32H34F2N4O4S. The lowest BCUT2D eigenvalue weighted by atomic mass is 10.0. The molecule has 11 heteroatoms. The zero-order valence-electron chi connectivity index (χ0n) is 24.3. The minimum Gasteiger partial charge on any atom is -0.497 e. The lowest BCUT2D eigenvalue weighted by molar-refractivity contribution is 0.0786. The van der Waals surface area contributed by atoms with Gasteiger partial charge in [-0.05, 0) is 62.1 Å². The first-order chi connectivity index (χ1) is 20.7. The molecule has 1 atom stereocenters. The highest BCUT2D eigenvalue weighted by atomic mass is 32.2. The molecule has 1 fully saturated rings. The highest BCUT2D eigenvalue weighted by Crippen LogP contribution is 2.32. The number of methoxy groups -OCH3 is 1.